The maximum Gasteiger partial charge on any atom is 0.233 e. The van der Waals surface area contributed by atoms with Crippen LogP contribution in [0.4, 0.5) is 5.82 Å². The number of pyridine rings is 1. The second-order valence-corrected chi connectivity index (χ2v) is 7.98. The van der Waals surface area contributed by atoms with E-state index in [0.717, 1.165) is 12.2 Å². The minimum absolute atomic E-state index is 0.182. The predicted molar refractivity (Wildman–Crippen MR) is 107 cm³/mol. The summed E-state index contributed by atoms with van der Waals surface area (Å²) in [5.41, 5.74) is 3.50. The van der Waals surface area contributed by atoms with Gasteiger partial charge in [0.15, 0.2) is 0 Å². The van der Waals surface area contributed by atoms with Crippen molar-refractivity contribution in [1.82, 2.24) is 9.88 Å². The number of fused-ring (bicyclic) bond motifs is 1. The van der Waals surface area contributed by atoms with Crippen molar-refractivity contribution in [3.05, 3.63) is 53.2 Å². The molecule has 2 heterocycles. The fourth-order valence-corrected chi connectivity index (χ4v) is 4.64. The number of carbonyl (C=O) groups excluding carboxylic acids is 1. The van der Waals surface area contributed by atoms with Crippen LogP contribution in [0.25, 0.3) is 0 Å². The zero-order chi connectivity index (χ0) is 18.6. The van der Waals surface area contributed by atoms with Crippen molar-refractivity contribution >= 4 is 23.5 Å². The minimum atomic E-state index is 0.182. The lowest BCUT2D eigenvalue weighted by molar-refractivity contribution is -0.128. The first-order valence-electron chi connectivity index (χ1n) is 9.37. The van der Waals surface area contributed by atoms with Crippen molar-refractivity contribution in [3.63, 3.8) is 0 Å². The molecule has 0 bridgehead atoms. The highest BCUT2D eigenvalue weighted by Crippen LogP contribution is 2.28. The number of nitrogens with zero attached hydrogens (tertiary/aromatic N) is 4. The molecule has 27 heavy (non-hydrogen) atoms. The number of aromatic nitrogens is 1. The highest BCUT2D eigenvalue weighted by atomic mass is 32.2. The fraction of sp³-hybridized carbons (Fsp3) is 0.381. The SMILES string of the molecule is N#Cc1cccnc1N1CCN(C(=O)CSc2ccc3c(c2)CCC3)CC1. The first-order chi connectivity index (χ1) is 13.2. The lowest BCUT2D eigenvalue weighted by Crippen LogP contribution is -2.49. The summed E-state index contributed by atoms with van der Waals surface area (Å²) in [5, 5.41) is 9.24. The van der Waals surface area contributed by atoms with E-state index in [0.29, 0.717) is 37.5 Å². The van der Waals surface area contributed by atoms with Crippen LogP contribution in [-0.2, 0) is 17.6 Å². The van der Waals surface area contributed by atoms with E-state index >= 15 is 0 Å². The van der Waals surface area contributed by atoms with Gasteiger partial charge in [0.05, 0.1) is 11.3 Å². The molecule has 0 atom stereocenters. The van der Waals surface area contributed by atoms with Crippen LogP contribution < -0.4 is 4.90 Å². The third-order valence-corrected chi connectivity index (χ3v) is 6.25. The average molecular weight is 379 g/mol. The van der Waals surface area contributed by atoms with Crippen molar-refractivity contribution in [3.8, 4) is 6.07 Å². The van der Waals surface area contributed by atoms with Gasteiger partial charge in [0.1, 0.15) is 11.9 Å². The first kappa shape index (κ1) is 17.9. The topological polar surface area (TPSA) is 60.2 Å². The van der Waals surface area contributed by atoms with Gasteiger partial charge in [0.2, 0.25) is 5.91 Å². The summed E-state index contributed by atoms with van der Waals surface area (Å²) < 4.78 is 0. The molecule has 2 aliphatic rings. The van der Waals surface area contributed by atoms with Crippen LogP contribution >= 0.6 is 11.8 Å². The second-order valence-electron chi connectivity index (χ2n) is 6.93. The van der Waals surface area contributed by atoms with Gasteiger partial charge in [-0.15, -0.1) is 11.8 Å². The quantitative estimate of drug-likeness (QED) is 0.766. The van der Waals surface area contributed by atoms with Crippen molar-refractivity contribution in [2.24, 2.45) is 0 Å². The second kappa shape index (κ2) is 8.01. The van der Waals surface area contributed by atoms with Crippen LogP contribution in [-0.4, -0.2) is 47.7 Å². The van der Waals surface area contributed by atoms with E-state index < -0.39 is 0 Å². The lowest BCUT2D eigenvalue weighted by atomic mass is 10.1. The van der Waals surface area contributed by atoms with Crippen LogP contribution in [0.1, 0.15) is 23.1 Å². The largest absolute Gasteiger partial charge is 0.352 e. The highest BCUT2D eigenvalue weighted by Gasteiger charge is 2.23. The molecular formula is C21H22N4OS. The maximum absolute atomic E-state index is 12.6. The first-order valence-corrected chi connectivity index (χ1v) is 10.4. The molecule has 1 amide bonds. The zero-order valence-corrected chi connectivity index (χ0v) is 16.0. The molecule has 1 saturated heterocycles. The molecular weight excluding hydrogens is 356 g/mol. The predicted octanol–water partition coefficient (Wildman–Crippen LogP) is 2.88. The van der Waals surface area contributed by atoms with E-state index in [2.05, 4.69) is 34.2 Å². The van der Waals surface area contributed by atoms with E-state index in [4.69, 9.17) is 0 Å². The summed E-state index contributed by atoms with van der Waals surface area (Å²) in [6.07, 6.45) is 5.31. The summed E-state index contributed by atoms with van der Waals surface area (Å²) >= 11 is 1.63. The number of piperazine rings is 1. The van der Waals surface area contributed by atoms with Gasteiger partial charge >= 0.3 is 0 Å². The Morgan fingerprint density at radius 3 is 2.78 bits per heavy atom. The third-order valence-electron chi connectivity index (χ3n) is 5.27. The van der Waals surface area contributed by atoms with Gasteiger partial charge in [-0.2, -0.15) is 5.26 Å². The van der Waals surface area contributed by atoms with Gasteiger partial charge in [0.25, 0.3) is 0 Å². The smallest absolute Gasteiger partial charge is 0.233 e. The van der Waals surface area contributed by atoms with Crippen LogP contribution in [0, 0.1) is 11.3 Å². The van der Waals surface area contributed by atoms with Gasteiger partial charge in [0, 0.05) is 37.3 Å². The molecule has 2 aromatic rings. The van der Waals surface area contributed by atoms with Crippen molar-refractivity contribution in [2.75, 3.05) is 36.8 Å². The summed E-state index contributed by atoms with van der Waals surface area (Å²) in [5.74, 6) is 1.38. The van der Waals surface area contributed by atoms with Crippen LogP contribution in [0.5, 0.6) is 0 Å². The molecule has 1 aromatic carbocycles. The van der Waals surface area contributed by atoms with Gasteiger partial charge in [-0.05, 0) is 54.7 Å². The summed E-state index contributed by atoms with van der Waals surface area (Å²) in [4.78, 5) is 22.1. The number of nitriles is 1. The standard InChI is InChI=1S/C21H22N4OS/c22-14-18-5-2-8-23-21(18)25-11-9-24(10-12-25)20(26)15-27-19-7-6-16-3-1-4-17(16)13-19/h2,5-8,13H,1,3-4,9-12,15H2. The molecule has 138 valence electrons. The average Bonchev–Trinajstić information content (AvgIpc) is 3.20. The molecule has 5 nitrogen and oxygen atoms in total. The van der Waals surface area contributed by atoms with Gasteiger partial charge in [-0.25, -0.2) is 4.98 Å². The lowest BCUT2D eigenvalue weighted by Gasteiger charge is -2.35. The summed E-state index contributed by atoms with van der Waals surface area (Å²) in [6.45, 7) is 2.76. The minimum Gasteiger partial charge on any atom is -0.352 e. The third kappa shape index (κ3) is 3.93. The van der Waals surface area contributed by atoms with Crippen molar-refractivity contribution < 1.29 is 4.79 Å². The highest BCUT2D eigenvalue weighted by molar-refractivity contribution is 8.00. The van der Waals surface area contributed by atoms with E-state index in [1.807, 2.05) is 4.90 Å². The molecule has 0 saturated carbocycles. The Kier molecular flexibility index (Phi) is 5.30. The number of amides is 1. The Hall–Kier alpha value is -2.52. The normalized spacial score (nSPS) is 16.1. The Labute approximate surface area is 164 Å². The number of hydrogen-bond acceptors (Lipinski definition) is 5. The molecule has 0 unspecified atom stereocenters. The van der Waals surface area contributed by atoms with Gasteiger partial charge in [-0.3, -0.25) is 4.79 Å². The van der Waals surface area contributed by atoms with Gasteiger partial charge in [-0.1, -0.05) is 6.07 Å². The van der Waals surface area contributed by atoms with Crippen LogP contribution in [0.3, 0.4) is 0 Å². The molecule has 0 radical (unpaired) electrons. The van der Waals surface area contributed by atoms with E-state index in [1.165, 1.54) is 28.9 Å². The Balaban J connectivity index is 1.30. The molecule has 6 heteroatoms. The van der Waals surface area contributed by atoms with E-state index in [-0.39, 0.29) is 5.91 Å². The Morgan fingerprint density at radius 2 is 1.96 bits per heavy atom. The molecule has 1 fully saturated rings. The van der Waals surface area contributed by atoms with Crippen LogP contribution in [0.2, 0.25) is 0 Å². The summed E-state index contributed by atoms with van der Waals surface area (Å²) in [7, 11) is 0. The number of aryl methyl sites for hydroxylation is 2. The number of benzene rings is 1. The Morgan fingerprint density at radius 1 is 1.15 bits per heavy atom. The number of hydrogen-bond donors (Lipinski definition) is 0. The number of anilines is 1. The van der Waals surface area contributed by atoms with Gasteiger partial charge < -0.3 is 9.80 Å². The van der Waals surface area contributed by atoms with Crippen molar-refractivity contribution in [2.45, 2.75) is 24.2 Å². The number of thioether (sulfide) groups is 1. The molecule has 0 spiro atoms. The maximum atomic E-state index is 12.6. The molecule has 0 N–H and O–H groups in total. The number of rotatable bonds is 4. The van der Waals surface area contributed by atoms with E-state index in [1.54, 1.807) is 30.1 Å². The Bertz CT molecular complexity index is 884. The van der Waals surface area contributed by atoms with Crippen LogP contribution in [0.15, 0.2) is 41.4 Å². The molecule has 1 aliphatic carbocycles. The summed E-state index contributed by atoms with van der Waals surface area (Å²) in [6, 6.07) is 12.4. The zero-order valence-electron chi connectivity index (χ0n) is 15.2. The monoisotopic (exact) mass is 378 g/mol. The molecule has 4 rings (SSSR count). The fourth-order valence-electron chi connectivity index (χ4n) is 3.78. The van der Waals surface area contributed by atoms with Crippen molar-refractivity contribution in [1.29, 1.82) is 5.26 Å². The van der Waals surface area contributed by atoms with E-state index in [9.17, 15) is 10.1 Å². The molecule has 1 aromatic heterocycles. The molecule has 1 aliphatic heterocycles. The number of carbonyl (C=O) groups is 1.